The van der Waals surface area contributed by atoms with Gasteiger partial charge >= 0.3 is 0 Å². The summed E-state index contributed by atoms with van der Waals surface area (Å²) in [5.41, 5.74) is 0.326. The maximum absolute atomic E-state index is 10.7. The van der Waals surface area contributed by atoms with Gasteiger partial charge < -0.3 is 4.79 Å². The Bertz CT molecular complexity index is 343. The van der Waals surface area contributed by atoms with Crippen LogP contribution in [0.3, 0.4) is 0 Å². The molecule has 4 atom stereocenters. The maximum atomic E-state index is 10.7. The first kappa shape index (κ1) is 16.6. The molecule has 0 saturated heterocycles. The number of carbonyl (C=O) groups is 1. The molecule has 0 N–H and O–H groups in total. The van der Waals surface area contributed by atoms with Crippen molar-refractivity contribution in [2.75, 3.05) is 0 Å². The molecule has 19 heavy (non-hydrogen) atoms. The Morgan fingerprint density at radius 1 is 1.47 bits per heavy atom. The van der Waals surface area contributed by atoms with Crippen LogP contribution in [-0.4, -0.2) is 16.8 Å². The Labute approximate surface area is 122 Å². The predicted octanol–water partition coefficient (Wildman–Crippen LogP) is 4.88. The van der Waals surface area contributed by atoms with Crippen molar-refractivity contribution in [1.82, 2.24) is 0 Å². The van der Waals surface area contributed by atoms with Crippen LogP contribution in [0.1, 0.15) is 47.5 Å². The van der Waals surface area contributed by atoms with Crippen molar-refractivity contribution < 1.29 is 4.79 Å². The molecule has 0 heterocycles. The Morgan fingerprint density at radius 3 is 2.68 bits per heavy atom. The van der Waals surface area contributed by atoms with E-state index in [0.717, 1.165) is 12.7 Å². The molecule has 108 valence electrons. The minimum absolute atomic E-state index is 0.326. The lowest BCUT2D eigenvalue weighted by atomic mass is 9.65. The molecule has 0 spiro atoms. The SMILES string of the molecule is C/C=C/C(SC(C)CC=O)C1C(C)C=CCC1(C)C. The second-order valence-electron chi connectivity index (χ2n) is 6.35. The standard InChI is InChI=1S/C17H28OS/c1-6-8-15(19-14(3)10-12-18)16-13(2)9-7-11-17(16,4)5/h6-9,12-16H,10-11H2,1-5H3/b8-6+. The summed E-state index contributed by atoms with van der Waals surface area (Å²) in [7, 11) is 0. The summed E-state index contributed by atoms with van der Waals surface area (Å²) in [4.78, 5) is 10.7. The third-order valence-electron chi connectivity index (χ3n) is 4.11. The Hall–Kier alpha value is -0.500. The summed E-state index contributed by atoms with van der Waals surface area (Å²) < 4.78 is 0. The monoisotopic (exact) mass is 280 g/mol. The van der Waals surface area contributed by atoms with E-state index in [9.17, 15) is 4.79 Å². The fourth-order valence-corrected chi connectivity index (χ4v) is 4.96. The van der Waals surface area contributed by atoms with Gasteiger partial charge in [-0.15, -0.1) is 0 Å². The molecule has 1 nitrogen and oxygen atoms in total. The molecule has 0 bridgehead atoms. The van der Waals surface area contributed by atoms with Gasteiger partial charge in [-0.3, -0.25) is 0 Å². The van der Waals surface area contributed by atoms with E-state index < -0.39 is 0 Å². The van der Waals surface area contributed by atoms with Crippen LogP contribution < -0.4 is 0 Å². The Balaban J connectivity index is 2.90. The number of thioether (sulfide) groups is 1. The molecular weight excluding hydrogens is 252 g/mol. The van der Waals surface area contributed by atoms with Crippen LogP contribution in [0, 0.1) is 17.3 Å². The maximum Gasteiger partial charge on any atom is 0.121 e. The highest BCUT2D eigenvalue weighted by molar-refractivity contribution is 8.00. The molecule has 2 heteroatoms. The van der Waals surface area contributed by atoms with E-state index in [1.807, 2.05) is 11.8 Å². The van der Waals surface area contributed by atoms with Gasteiger partial charge in [0.25, 0.3) is 0 Å². The normalized spacial score (nSPS) is 29.3. The molecular formula is C17H28OS. The molecule has 0 aromatic carbocycles. The van der Waals surface area contributed by atoms with Crippen LogP contribution in [0.15, 0.2) is 24.3 Å². The van der Waals surface area contributed by atoms with E-state index in [0.29, 0.717) is 34.2 Å². The van der Waals surface area contributed by atoms with Crippen LogP contribution in [0.4, 0.5) is 0 Å². The lowest BCUT2D eigenvalue weighted by Crippen LogP contribution is -2.38. The Morgan fingerprint density at radius 2 is 2.16 bits per heavy atom. The average molecular weight is 280 g/mol. The second kappa shape index (κ2) is 7.33. The van der Waals surface area contributed by atoms with Crippen LogP contribution >= 0.6 is 11.8 Å². The van der Waals surface area contributed by atoms with E-state index in [1.165, 1.54) is 0 Å². The third-order valence-corrected chi connectivity index (χ3v) is 5.53. The minimum atomic E-state index is 0.326. The summed E-state index contributed by atoms with van der Waals surface area (Å²) in [6.07, 6.45) is 12.0. The van der Waals surface area contributed by atoms with E-state index in [-0.39, 0.29) is 0 Å². The molecule has 1 aliphatic rings. The first-order chi connectivity index (χ1) is 8.92. The molecule has 0 fully saturated rings. The van der Waals surface area contributed by atoms with Crippen molar-refractivity contribution in [1.29, 1.82) is 0 Å². The highest BCUT2D eigenvalue weighted by Crippen LogP contribution is 2.47. The molecule has 0 aliphatic heterocycles. The van der Waals surface area contributed by atoms with Gasteiger partial charge in [-0.2, -0.15) is 11.8 Å². The quantitative estimate of drug-likeness (QED) is 0.509. The highest BCUT2D eigenvalue weighted by Gasteiger charge is 2.39. The molecule has 0 aromatic rings. The number of hydrogen-bond acceptors (Lipinski definition) is 2. The Kier molecular flexibility index (Phi) is 6.38. The molecule has 4 unspecified atom stereocenters. The van der Waals surface area contributed by atoms with Crippen molar-refractivity contribution in [2.45, 2.75) is 58.0 Å². The molecule has 0 radical (unpaired) electrons. The van der Waals surface area contributed by atoms with Gasteiger partial charge in [-0.1, -0.05) is 52.0 Å². The fourth-order valence-electron chi connectivity index (χ4n) is 3.20. The highest BCUT2D eigenvalue weighted by atomic mass is 32.2. The summed E-state index contributed by atoms with van der Waals surface area (Å²) in [6.45, 7) is 11.3. The van der Waals surface area contributed by atoms with Crippen molar-refractivity contribution in [3.8, 4) is 0 Å². The number of hydrogen-bond donors (Lipinski definition) is 0. The van der Waals surface area contributed by atoms with Gasteiger partial charge in [0.2, 0.25) is 0 Å². The van der Waals surface area contributed by atoms with Crippen LogP contribution in [0.25, 0.3) is 0 Å². The van der Waals surface area contributed by atoms with Crippen molar-refractivity contribution in [3.05, 3.63) is 24.3 Å². The fraction of sp³-hybridized carbons (Fsp3) is 0.706. The largest absolute Gasteiger partial charge is 0.303 e. The lowest BCUT2D eigenvalue weighted by molar-refractivity contribution is -0.107. The van der Waals surface area contributed by atoms with Crippen LogP contribution in [0.5, 0.6) is 0 Å². The molecule has 0 aromatic heterocycles. The molecule has 1 aliphatic carbocycles. The lowest BCUT2D eigenvalue weighted by Gasteiger charge is -2.44. The average Bonchev–Trinajstić information content (AvgIpc) is 2.27. The summed E-state index contributed by atoms with van der Waals surface area (Å²) in [5, 5.41) is 0.891. The number of allylic oxidation sites excluding steroid dienone is 3. The van der Waals surface area contributed by atoms with E-state index in [2.05, 4.69) is 58.9 Å². The first-order valence-electron chi connectivity index (χ1n) is 7.31. The van der Waals surface area contributed by atoms with E-state index in [4.69, 9.17) is 0 Å². The van der Waals surface area contributed by atoms with Gasteiger partial charge in [-0.05, 0) is 30.6 Å². The predicted molar refractivity (Wildman–Crippen MR) is 86.5 cm³/mol. The van der Waals surface area contributed by atoms with Crippen LogP contribution in [0.2, 0.25) is 0 Å². The van der Waals surface area contributed by atoms with Crippen molar-refractivity contribution in [2.24, 2.45) is 17.3 Å². The van der Waals surface area contributed by atoms with Gasteiger partial charge in [0, 0.05) is 16.9 Å². The molecule has 0 amide bonds. The van der Waals surface area contributed by atoms with Gasteiger partial charge in [0.1, 0.15) is 6.29 Å². The molecule has 0 saturated carbocycles. The summed E-state index contributed by atoms with van der Waals surface area (Å²) in [6, 6.07) is 0. The third kappa shape index (κ3) is 4.52. The minimum Gasteiger partial charge on any atom is -0.303 e. The second-order valence-corrected chi connectivity index (χ2v) is 7.97. The zero-order valence-electron chi connectivity index (χ0n) is 12.9. The van der Waals surface area contributed by atoms with Gasteiger partial charge in [0.05, 0.1) is 0 Å². The number of rotatable bonds is 6. The van der Waals surface area contributed by atoms with E-state index in [1.54, 1.807) is 0 Å². The van der Waals surface area contributed by atoms with Crippen molar-refractivity contribution >= 4 is 18.0 Å². The van der Waals surface area contributed by atoms with Crippen LogP contribution in [-0.2, 0) is 4.79 Å². The first-order valence-corrected chi connectivity index (χ1v) is 8.25. The smallest absolute Gasteiger partial charge is 0.121 e. The van der Waals surface area contributed by atoms with Gasteiger partial charge in [-0.25, -0.2) is 0 Å². The summed E-state index contributed by atoms with van der Waals surface area (Å²) in [5.74, 6) is 1.23. The molecule has 1 rings (SSSR count). The zero-order valence-corrected chi connectivity index (χ0v) is 13.7. The van der Waals surface area contributed by atoms with Crippen molar-refractivity contribution in [3.63, 3.8) is 0 Å². The van der Waals surface area contributed by atoms with Gasteiger partial charge in [0.15, 0.2) is 0 Å². The number of carbonyl (C=O) groups excluding carboxylic acids is 1. The zero-order chi connectivity index (χ0) is 14.5. The summed E-state index contributed by atoms with van der Waals surface area (Å²) >= 11 is 1.95. The number of aldehydes is 1. The topological polar surface area (TPSA) is 17.1 Å². The van der Waals surface area contributed by atoms with E-state index >= 15 is 0 Å².